The number of urea groups is 1. The summed E-state index contributed by atoms with van der Waals surface area (Å²) in [7, 11) is 3.31. The maximum Gasteiger partial charge on any atom is 0.338 e. The van der Waals surface area contributed by atoms with Gasteiger partial charge in [0.2, 0.25) is 0 Å². The van der Waals surface area contributed by atoms with E-state index in [1.807, 2.05) is 30.3 Å². The molecule has 2 heterocycles. The fourth-order valence-electron chi connectivity index (χ4n) is 4.60. The van der Waals surface area contributed by atoms with E-state index in [0.29, 0.717) is 23.6 Å². The molecule has 0 aliphatic carbocycles. The number of methoxy groups -OCH3 is 1. The Balaban J connectivity index is 1.55. The van der Waals surface area contributed by atoms with Crippen molar-refractivity contribution in [3.05, 3.63) is 77.0 Å². The number of rotatable bonds is 8. The van der Waals surface area contributed by atoms with Gasteiger partial charge < -0.3 is 14.8 Å². The standard InChI is InChI=1S/C27H34N4O4/c1-4-35-26(32)24-23(19-31-16-14-30(15-17-31)18-20-8-6-5-7-9-20)29(2)27(33)28-25(24)21-10-12-22(34-3)13-11-21/h5-13,25H,4,14-19H2,1-3H3,(H,28,33). The molecule has 1 fully saturated rings. The zero-order chi connectivity index (χ0) is 24.8. The second-order valence-corrected chi connectivity index (χ2v) is 8.83. The fourth-order valence-corrected chi connectivity index (χ4v) is 4.60. The quantitative estimate of drug-likeness (QED) is 0.588. The zero-order valence-corrected chi connectivity index (χ0v) is 20.7. The summed E-state index contributed by atoms with van der Waals surface area (Å²) in [6.45, 7) is 7.04. The Morgan fingerprint density at radius 3 is 2.20 bits per heavy atom. The second-order valence-electron chi connectivity index (χ2n) is 8.83. The normalized spacial score (nSPS) is 19.5. The van der Waals surface area contributed by atoms with Crippen LogP contribution in [0.3, 0.4) is 0 Å². The molecule has 2 aromatic rings. The molecular formula is C27H34N4O4. The van der Waals surface area contributed by atoms with E-state index in [0.717, 1.165) is 38.3 Å². The topological polar surface area (TPSA) is 74.4 Å². The Labute approximate surface area is 207 Å². The SMILES string of the molecule is CCOC(=O)C1=C(CN2CCN(Cc3ccccc3)CC2)N(C)C(=O)NC1c1ccc(OC)cc1. The third-order valence-corrected chi connectivity index (χ3v) is 6.61. The molecule has 4 rings (SSSR count). The van der Waals surface area contributed by atoms with Crippen LogP contribution in [0.4, 0.5) is 4.79 Å². The van der Waals surface area contributed by atoms with Gasteiger partial charge >= 0.3 is 12.0 Å². The zero-order valence-electron chi connectivity index (χ0n) is 20.7. The maximum absolute atomic E-state index is 13.2. The Bertz CT molecular complexity index is 1050. The van der Waals surface area contributed by atoms with E-state index >= 15 is 0 Å². The largest absolute Gasteiger partial charge is 0.497 e. The number of amides is 2. The molecular weight excluding hydrogens is 444 g/mol. The van der Waals surface area contributed by atoms with Crippen molar-refractivity contribution in [1.29, 1.82) is 0 Å². The minimum absolute atomic E-state index is 0.239. The number of nitrogens with zero attached hydrogens (tertiary/aromatic N) is 3. The smallest absolute Gasteiger partial charge is 0.338 e. The number of piperazine rings is 1. The summed E-state index contributed by atoms with van der Waals surface area (Å²) in [5.41, 5.74) is 3.27. The summed E-state index contributed by atoms with van der Waals surface area (Å²) in [6, 6.07) is 17.0. The van der Waals surface area contributed by atoms with Gasteiger partial charge in [-0.1, -0.05) is 42.5 Å². The molecule has 0 radical (unpaired) electrons. The molecule has 8 nitrogen and oxygen atoms in total. The summed E-state index contributed by atoms with van der Waals surface area (Å²) in [4.78, 5) is 32.3. The lowest BCUT2D eigenvalue weighted by molar-refractivity contribution is -0.139. The van der Waals surface area contributed by atoms with Crippen molar-refractivity contribution >= 4 is 12.0 Å². The van der Waals surface area contributed by atoms with E-state index in [2.05, 4.69) is 39.4 Å². The van der Waals surface area contributed by atoms with Gasteiger partial charge in [-0.2, -0.15) is 0 Å². The predicted molar refractivity (Wildman–Crippen MR) is 134 cm³/mol. The van der Waals surface area contributed by atoms with Gasteiger partial charge in [-0.25, -0.2) is 9.59 Å². The summed E-state index contributed by atoms with van der Waals surface area (Å²) < 4.78 is 10.7. The lowest BCUT2D eigenvalue weighted by Gasteiger charge is -2.39. The van der Waals surface area contributed by atoms with Gasteiger partial charge in [0.1, 0.15) is 5.75 Å². The van der Waals surface area contributed by atoms with Crippen LogP contribution < -0.4 is 10.1 Å². The number of esters is 1. The monoisotopic (exact) mass is 478 g/mol. The van der Waals surface area contributed by atoms with Gasteiger partial charge in [0.25, 0.3) is 0 Å². The second kappa shape index (κ2) is 11.4. The number of carbonyl (C=O) groups excluding carboxylic acids is 2. The van der Waals surface area contributed by atoms with Crippen LogP contribution in [-0.2, 0) is 16.1 Å². The van der Waals surface area contributed by atoms with E-state index in [9.17, 15) is 9.59 Å². The molecule has 0 spiro atoms. The van der Waals surface area contributed by atoms with Crippen molar-refractivity contribution < 1.29 is 19.1 Å². The predicted octanol–water partition coefficient (Wildman–Crippen LogP) is 3.03. The molecule has 2 aromatic carbocycles. The van der Waals surface area contributed by atoms with Crippen LogP contribution in [-0.4, -0.2) is 80.2 Å². The first kappa shape index (κ1) is 24.8. The molecule has 1 N–H and O–H groups in total. The molecule has 1 unspecified atom stereocenters. The number of benzene rings is 2. The van der Waals surface area contributed by atoms with Gasteiger partial charge in [0.15, 0.2) is 0 Å². The Kier molecular flexibility index (Phi) is 8.05. The van der Waals surface area contributed by atoms with E-state index in [1.165, 1.54) is 5.56 Å². The molecule has 1 atom stereocenters. The highest BCUT2D eigenvalue weighted by Gasteiger charge is 2.37. The first-order valence-electron chi connectivity index (χ1n) is 12.1. The third kappa shape index (κ3) is 5.83. The maximum atomic E-state index is 13.2. The summed E-state index contributed by atoms with van der Waals surface area (Å²) in [5.74, 6) is 0.307. The number of hydrogen-bond acceptors (Lipinski definition) is 6. The van der Waals surface area contributed by atoms with Gasteiger partial charge in [-0.05, 0) is 30.2 Å². The Hall–Kier alpha value is -3.36. The van der Waals surface area contributed by atoms with Crippen molar-refractivity contribution in [2.45, 2.75) is 19.5 Å². The van der Waals surface area contributed by atoms with Crippen molar-refractivity contribution in [2.75, 3.05) is 53.5 Å². The number of carbonyl (C=O) groups is 2. The molecule has 186 valence electrons. The van der Waals surface area contributed by atoms with Crippen LogP contribution >= 0.6 is 0 Å². The van der Waals surface area contributed by atoms with E-state index in [-0.39, 0.29) is 12.6 Å². The minimum atomic E-state index is -0.585. The molecule has 2 aliphatic rings. The van der Waals surface area contributed by atoms with Gasteiger partial charge in [0, 0.05) is 52.0 Å². The number of hydrogen-bond donors (Lipinski definition) is 1. The molecule has 2 aliphatic heterocycles. The number of nitrogens with one attached hydrogen (secondary N) is 1. The van der Waals surface area contributed by atoms with Crippen LogP contribution in [0, 0.1) is 0 Å². The average Bonchev–Trinajstić information content (AvgIpc) is 2.88. The lowest BCUT2D eigenvalue weighted by atomic mass is 9.94. The van der Waals surface area contributed by atoms with E-state index in [1.54, 1.807) is 26.0 Å². The minimum Gasteiger partial charge on any atom is -0.497 e. The van der Waals surface area contributed by atoms with E-state index < -0.39 is 12.0 Å². The summed E-state index contributed by atoms with van der Waals surface area (Å²) in [6.07, 6.45) is 0. The highest BCUT2D eigenvalue weighted by molar-refractivity contribution is 5.95. The van der Waals surface area contributed by atoms with Crippen molar-refractivity contribution in [1.82, 2.24) is 20.0 Å². The van der Waals surface area contributed by atoms with Crippen molar-refractivity contribution in [3.8, 4) is 5.75 Å². The van der Waals surface area contributed by atoms with Crippen LogP contribution in [0.5, 0.6) is 5.75 Å². The third-order valence-electron chi connectivity index (χ3n) is 6.61. The van der Waals surface area contributed by atoms with Gasteiger partial charge in [-0.3, -0.25) is 14.7 Å². The first-order valence-corrected chi connectivity index (χ1v) is 12.1. The first-order chi connectivity index (χ1) is 17.0. The summed E-state index contributed by atoms with van der Waals surface area (Å²) in [5, 5.41) is 2.97. The van der Waals surface area contributed by atoms with Crippen molar-refractivity contribution in [2.24, 2.45) is 0 Å². The molecule has 8 heteroatoms. The highest BCUT2D eigenvalue weighted by atomic mass is 16.5. The number of likely N-dealkylation sites (N-methyl/N-ethyl adjacent to an activating group) is 1. The van der Waals surface area contributed by atoms with E-state index in [4.69, 9.17) is 9.47 Å². The molecule has 35 heavy (non-hydrogen) atoms. The van der Waals surface area contributed by atoms with Crippen LogP contribution in [0.25, 0.3) is 0 Å². The molecule has 2 amide bonds. The molecule has 1 saturated heterocycles. The Morgan fingerprint density at radius 2 is 1.60 bits per heavy atom. The van der Waals surface area contributed by atoms with Crippen molar-refractivity contribution in [3.63, 3.8) is 0 Å². The van der Waals surface area contributed by atoms with Crippen LogP contribution in [0.15, 0.2) is 65.9 Å². The van der Waals surface area contributed by atoms with Crippen LogP contribution in [0.1, 0.15) is 24.1 Å². The highest BCUT2D eigenvalue weighted by Crippen LogP contribution is 2.32. The fraction of sp³-hybridized carbons (Fsp3) is 0.407. The molecule has 0 bridgehead atoms. The molecule has 0 aromatic heterocycles. The average molecular weight is 479 g/mol. The van der Waals surface area contributed by atoms with Gasteiger partial charge in [-0.15, -0.1) is 0 Å². The summed E-state index contributed by atoms with van der Waals surface area (Å²) >= 11 is 0. The van der Waals surface area contributed by atoms with Gasteiger partial charge in [0.05, 0.1) is 25.3 Å². The molecule has 0 saturated carbocycles. The lowest BCUT2D eigenvalue weighted by Crippen LogP contribution is -2.52. The Morgan fingerprint density at radius 1 is 0.971 bits per heavy atom. The van der Waals surface area contributed by atoms with Crippen LogP contribution in [0.2, 0.25) is 0 Å². The number of ether oxygens (including phenoxy) is 2.